The molecular formula is C17H17Br2N3O2. The smallest absolute Gasteiger partial charge is 0.259 e. The molecule has 0 fully saturated rings. The first kappa shape index (κ1) is 18.5. The van der Waals surface area contributed by atoms with Gasteiger partial charge in [0.05, 0.1) is 24.3 Å². The van der Waals surface area contributed by atoms with Crippen LogP contribution < -0.4 is 15.5 Å². The zero-order valence-electron chi connectivity index (χ0n) is 13.3. The molecule has 0 aromatic heterocycles. The number of hydrogen-bond acceptors (Lipinski definition) is 4. The molecule has 2 aromatic rings. The number of benzene rings is 2. The van der Waals surface area contributed by atoms with Gasteiger partial charge in [0.2, 0.25) is 0 Å². The van der Waals surface area contributed by atoms with Gasteiger partial charge in [-0.3, -0.25) is 4.79 Å². The number of amides is 1. The van der Waals surface area contributed by atoms with E-state index in [1.165, 1.54) is 0 Å². The third-order valence-corrected chi connectivity index (χ3v) is 4.27. The van der Waals surface area contributed by atoms with Crippen LogP contribution in [-0.4, -0.2) is 25.8 Å². The van der Waals surface area contributed by atoms with Gasteiger partial charge in [-0.15, -0.1) is 0 Å². The second-order valence-corrected chi connectivity index (χ2v) is 6.74. The van der Waals surface area contributed by atoms with Crippen LogP contribution in [0.3, 0.4) is 0 Å². The molecule has 2 aromatic carbocycles. The van der Waals surface area contributed by atoms with Gasteiger partial charge < -0.3 is 10.1 Å². The van der Waals surface area contributed by atoms with Crippen molar-refractivity contribution in [2.24, 2.45) is 5.10 Å². The van der Waals surface area contributed by atoms with E-state index >= 15 is 0 Å². The quantitative estimate of drug-likeness (QED) is 0.510. The van der Waals surface area contributed by atoms with Crippen LogP contribution in [0.4, 0.5) is 5.69 Å². The zero-order chi connectivity index (χ0) is 17.5. The molecule has 2 rings (SSSR count). The van der Waals surface area contributed by atoms with E-state index in [9.17, 15) is 4.79 Å². The number of ether oxygens (including phenoxy) is 1. The van der Waals surface area contributed by atoms with Crippen molar-refractivity contribution in [3.63, 3.8) is 0 Å². The molecule has 0 unspecified atom stereocenters. The Labute approximate surface area is 157 Å². The summed E-state index contributed by atoms with van der Waals surface area (Å²) >= 11 is 6.83. The minimum absolute atomic E-state index is 0.140. The molecule has 0 atom stereocenters. The molecule has 126 valence electrons. The predicted octanol–water partition coefficient (Wildman–Crippen LogP) is 4.09. The van der Waals surface area contributed by atoms with Crippen LogP contribution in [0.25, 0.3) is 0 Å². The highest BCUT2D eigenvalue weighted by atomic mass is 79.9. The normalized spacial score (nSPS) is 10.7. The van der Waals surface area contributed by atoms with Crippen molar-refractivity contribution in [1.29, 1.82) is 0 Å². The first-order valence-corrected chi connectivity index (χ1v) is 8.74. The Kier molecular flexibility index (Phi) is 6.81. The monoisotopic (exact) mass is 453 g/mol. The lowest BCUT2D eigenvalue weighted by Gasteiger charge is -2.09. The number of aryl methyl sites for hydroxylation is 1. The van der Waals surface area contributed by atoms with E-state index in [1.54, 1.807) is 13.3 Å². The Morgan fingerprint density at radius 3 is 2.75 bits per heavy atom. The second-order valence-electron chi connectivity index (χ2n) is 4.97. The number of anilines is 1. The van der Waals surface area contributed by atoms with Crippen LogP contribution in [0.1, 0.15) is 11.1 Å². The molecule has 7 heteroatoms. The van der Waals surface area contributed by atoms with Gasteiger partial charge in [0.15, 0.2) is 0 Å². The topological polar surface area (TPSA) is 62.7 Å². The Hall–Kier alpha value is -1.86. The van der Waals surface area contributed by atoms with E-state index in [0.717, 1.165) is 25.8 Å². The highest BCUT2D eigenvalue weighted by molar-refractivity contribution is 9.11. The van der Waals surface area contributed by atoms with Crippen LogP contribution in [-0.2, 0) is 4.79 Å². The third-order valence-electron chi connectivity index (χ3n) is 3.22. The van der Waals surface area contributed by atoms with E-state index in [0.29, 0.717) is 5.75 Å². The molecule has 24 heavy (non-hydrogen) atoms. The van der Waals surface area contributed by atoms with Gasteiger partial charge in [0.1, 0.15) is 5.75 Å². The Morgan fingerprint density at radius 2 is 2.04 bits per heavy atom. The number of nitrogens with zero attached hydrogens (tertiary/aromatic N) is 1. The maximum atomic E-state index is 11.9. The van der Waals surface area contributed by atoms with Gasteiger partial charge in [0.25, 0.3) is 5.91 Å². The first-order chi connectivity index (χ1) is 11.5. The lowest BCUT2D eigenvalue weighted by molar-refractivity contribution is -0.119. The molecule has 1 amide bonds. The lowest BCUT2D eigenvalue weighted by atomic mass is 10.2. The largest absolute Gasteiger partial charge is 0.495 e. The summed E-state index contributed by atoms with van der Waals surface area (Å²) in [4.78, 5) is 11.9. The molecule has 0 aliphatic carbocycles. The van der Waals surface area contributed by atoms with E-state index < -0.39 is 0 Å². The van der Waals surface area contributed by atoms with Crippen molar-refractivity contribution < 1.29 is 9.53 Å². The van der Waals surface area contributed by atoms with Crippen molar-refractivity contribution in [3.05, 3.63) is 56.5 Å². The van der Waals surface area contributed by atoms with Gasteiger partial charge in [-0.05, 0) is 46.6 Å². The minimum Gasteiger partial charge on any atom is -0.495 e. The summed E-state index contributed by atoms with van der Waals surface area (Å²) in [5, 5.41) is 7.06. The molecule has 0 spiro atoms. The average Bonchev–Trinajstić information content (AvgIpc) is 2.54. The van der Waals surface area contributed by atoms with Gasteiger partial charge in [-0.2, -0.15) is 5.10 Å². The molecule has 0 aliphatic heterocycles. The van der Waals surface area contributed by atoms with Crippen molar-refractivity contribution in [1.82, 2.24) is 5.43 Å². The molecular weight excluding hydrogens is 438 g/mol. The minimum atomic E-state index is -0.234. The number of halogens is 2. The standard InChI is InChI=1S/C17H17Br2N3O2/c1-11-5-3-4-6-15(11)20-10-16(23)22-21-9-12-7-13(18)8-14(19)17(12)24-2/h3-9,20H,10H2,1-2H3,(H,22,23)/b21-9+. The highest BCUT2D eigenvalue weighted by Gasteiger charge is 2.08. The summed E-state index contributed by atoms with van der Waals surface area (Å²) in [6.45, 7) is 2.12. The maximum absolute atomic E-state index is 11.9. The Balaban J connectivity index is 1.94. The molecule has 5 nitrogen and oxygen atoms in total. The second kappa shape index (κ2) is 8.84. The fourth-order valence-electron chi connectivity index (χ4n) is 2.05. The molecule has 0 saturated heterocycles. The summed E-state index contributed by atoms with van der Waals surface area (Å²) in [5.74, 6) is 0.414. The predicted molar refractivity (Wildman–Crippen MR) is 104 cm³/mol. The van der Waals surface area contributed by atoms with E-state index in [1.807, 2.05) is 43.3 Å². The number of carbonyl (C=O) groups is 1. The van der Waals surface area contributed by atoms with Crippen LogP contribution in [0.5, 0.6) is 5.75 Å². The van der Waals surface area contributed by atoms with Crippen molar-refractivity contribution >= 4 is 49.7 Å². The summed E-state index contributed by atoms with van der Waals surface area (Å²) in [6.07, 6.45) is 1.54. The average molecular weight is 455 g/mol. The maximum Gasteiger partial charge on any atom is 0.259 e. The van der Waals surface area contributed by atoms with Gasteiger partial charge >= 0.3 is 0 Å². The zero-order valence-corrected chi connectivity index (χ0v) is 16.4. The van der Waals surface area contributed by atoms with Crippen molar-refractivity contribution in [2.75, 3.05) is 19.0 Å². The number of hydrogen-bond donors (Lipinski definition) is 2. The summed E-state index contributed by atoms with van der Waals surface area (Å²) < 4.78 is 7.00. The van der Waals surface area contributed by atoms with Crippen molar-refractivity contribution in [3.8, 4) is 5.75 Å². The third kappa shape index (κ3) is 5.07. The van der Waals surface area contributed by atoms with E-state index in [2.05, 4.69) is 47.7 Å². The fraction of sp³-hybridized carbons (Fsp3) is 0.176. The van der Waals surface area contributed by atoms with E-state index in [4.69, 9.17) is 4.74 Å². The number of para-hydroxylation sites is 1. The first-order valence-electron chi connectivity index (χ1n) is 7.15. The van der Waals surface area contributed by atoms with Crippen LogP contribution in [0, 0.1) is 6.92 Å². The molecule has 2 N–H and O–H groups in total. The molecule has 0 saturated carbocycles. The number of rotatable bonds is 6. The Morgan fingerprint density at radius 1 is 1.29 bits per heavy atom. The summed E-state index contributed by atoms with van der Waals surface area (Å²) in [6, 6.07) is 11.5. The summed E-state index contributed by atoms with van der Waals surface area (Å²) in [7, 11) is 1.58. The van der Waals surface area contributed by atoms with Gasteiger partial charge in [-0.25, -0.2) is 5.43 Å². The summed E-state index contributed by atoms with van der Waals surface area (Å²) in [5.41, 5.74) is 5.24. The molecule has 0 bridgehead atoms. The number of hydrazone groups is 1. The SMILES string of the molecule is COc1c(Br)cc(Br)cc1/C=N/NC(=O)CNc1ccccc1C. The van der Waals surface area contributed by atoms with Crippen molar-refractivity contribution in [2.45, 2.75) is 6.92 Å². The Bertz CT molecular complexity index is 763. The molecule has 0 heterocycles. The van der Waals surface area contributed by atoms with Gasteiger partial charge in [-0.1, -0.05) is 34.1 Å². The van der Waals surface area contributed by atoms with E-state index in [-0.39, 0.29) is 12.5 Å². The van der Waals surface area contributed by atoms with Crippen LogP contribution in [0.15, 0.2) is 50.4 Å². The van der Waals surface area contributed by atoms with Gasteiger partial charge in [0, 0.05) is 15.7 Å². The van der Waals surface area contributed by atoms with Crippen LogP contribution in [0.2, 0.25) is 0 Å². The number of nitrogens with one attached hydrogen (secondary N) is 2. The lowest BCUT2D eigenvalue weighted by Crippen LogP contribution is -2.26. The van der Waals surface area contributed by atoms with Crippen LogP contribution >= 0.6 is 31.9 Å². The number of methoxy groups -OCH3 is 1. The highest BCUT2D eigenvalue weighted by Crippen LogP contribution is 2.31. The fourth-order valence-corrected chi connectivity index (χ4v) is 3.47. The number of carbonyl (C=O) groups excluding carboxylic acids is 1. The molecule has 0 aliphatic rings. The molecule has 0 radical (unpaired) electrons.